The number of rotatable bonds is 4. The maximum atomic E-state index is 6.41. The van der Waals surface area contributed by atoms with Crippen LogP contribution in [0, 0.1) is 52.3 Å². The van der Waals surface area contributed by atoms with E-state index in [2.05, 4.69) is 52.6 Å². The van der Waals surface area contributed by atoms with Crippen molar-refractivity contribution in [3.8, 4) is 0 Å². The van der Waals surface area contributed by atoms with Crippen LogP contribution >= 0.6 is 0 Å². The van der Waals surface area contributed by atoms with Crippen molar-refractivity contribution in [1.29, 1.82) is 0 Å². The minimum Gasteiger partial charge on any atom is -0.328 e. The van der Waals surface area contributed by atoms with E-state index in [9.17, 15) is 0 Å². The Hall–Kier alpha value is -0.340. The van der Waals surface area contributed by atoms with Crippen molar-refractivity contribution in [1.82, 2.24) is 4.90 Å². The minimum atomic E-state index is 0.456. The smallest absolute Gasteiger partial charge is 0.0126 e. The molecule has 182 valence electrons. The molecule has 0 aromatic rings. The van der Waals surface area contributed by atoms with Gasteiger partial charge < -0.3 is 10.6 Å². The van der Waals surface area contributed by atoms with E-state index in [0.29, 0.717) is 16.9 Å². The average molecular weight is 441 g/mol. The summed E-state index contributed by atoms with van der Waals surface area (Å²) in [4.78, 5) is 2.70. The summed E-state index contributed by atoms with van der Waals surface area (Å²) in [6, 6.07) is 1.26. The number of allylic oxidation sites excluding steroid dienone is 2. The van der Waals surface area contributed by atoms with Gasteiger partial charge in [0, 0.05) is 12.1 Å². The van der Waals surface area contributed by atoms with Crippen LogP contribution in [0.15, 0.2) is 11.6 Å². The van der Waals surface area contributed by atoms with Gasteiger partial charge in [-0.3, -0.25) is 0 Å². The lowest BCUT2D eigenvalue weighted by Gasteiger charge is -2.58. The molecule has 5 unspecified atom stereocenters. The Kier molecular flexibility index (Phi) is 6.14. The Morgan fingerprint density at radius 3 is 2.47 bits per heavy atom. The third-order valence-electron chi connectivity index (χ3n) is 12.2. The van der Waals surface area contributed by atoms with E-state index in [1.54, 1.807) is 0 Å². The van der Waals surface area contributed by atoms with Gasteiger partial charge in [-0.15, -0.1) is 0 Å². The molecular weight excluding hydrogens is 388 g/mol. The summed E-state index contributed by atoms with van der Waals surface area (Å²) in [5.41, 5.74) is 9.40. The Morgan fingerprint density at radius 1 is 1.00 bits per heavy atom. The molecule has 4 fully saturated rings. The molecule has 0 aromatic carbocycles. The van der Waals surface area contributed by atoms with Crippen LogP contribution in [-0.2, 0) is 0 Å². The second-order valence-electron chi connectivity index (χ2n) is 14.0. The Morgan fingerprint density at radius 2 is 1.72 bits per heavy atom. The fraction of sp³-hybridized carbons (Fsp3) is 0.933. The lowest BCUT2D eigenvalue weighted by molar-refractivity contribution is -0.0135. The molecule has 2 nitrogen and oxygen atoms in total. The van der Waals surface area contributed by atoms with Crippen LogP contribution in [-0.4, -0.2) is 30.6 Å². The van der Waals surface area contributed by atoms with Crippen LogP contribution in [0.1, 0.15) is 98.8 Å². The zero-order valence-corrected chi connectivity index (χ0v) is 22.1. The van der Waals surface area contributed by atoms with Crippen LogP contribution in [0.2, 0.25) is 0 Å². The van der Waals surface area contributed by atoms with Crippen molar-refractivity contribution in [2.75, 3.05) is 13.6 Å². The predicted octanol–water partition coefficient (Wildman–Crippen LogP) is 6.90. The monoisotopic (exact) mass is 440 g/mol. The first kappa shape index (κ1) is 23.4. The first-order valence-corrected chi connectivity index (χ1v) is 14.3. The Labute approximate surface area is 199 Å². The molecule has 2 N–H and O–H groups in total. The zero-order valence-electron chi connectivity index (χ0n) is 22.1. The van der Waals surface area contributed by atoms with Crippen LogP contribution in [0.5, 0.6) is 0 Å². The largest absolute Gasteiger partial charge is 0.328 e. The minimum absolute atomic E-state index is 0.456. The van der Waals surface area contributed by atoms with Gasteiger partial charge in [-0.25, -0.2) is 0 Å². The summed E-state index contributed by atoms with van der Waals surface area (Å²) in [5.74, 6) is 6.06. The van der Waals surface area contributed by atoms with Gasteiger partial charge in [0.05, 0.1) is 0 Å². The maximum Gasteiger partial charge on any atom is 0.0126 e. The van der Waals surface area contributed by atoms with Crippen molar-refractivity contribution < 1.29 is 0 Å². The predicted molar refractivity (Wildman–Crippen MR) is 136 cm³/mol. The molecule has 0 spiro atoms. The van der Waals surface area contributed by atoms with Crippen LogP contribution in [0.4, 0.5) is 0 Å². The lowest BCUT2D eigenvalue weighted by Crippen LogP contribution is -2.51. The number of hydrogen-bond donors (Lipinski definition) is 1. The van der Waals surface area contributed by atoms with Crippen molar-refractivity contribution in [3.05, 3.63) is 11.6 Å². The molecule has 0 radical (unpaired) electrons. The van der Waals surface area contributed by atoms with Gasteiger partial charge in [0.25, 0.3) is 0 Å². The highest BCUT2D eigenvalue weighted by atomic mass is 15.2. The lowest BCUT2D eigenvalue weighted by atomic mass is 9.47. The van der Waals surface area contributed by atoms with Gasteiger partial charge in [0.2, 0.25) is 0 Å². The van der Waals surface area contributed by atoms with E-state index in [1.165, 1.54) is 70.8 Å². The van der Waals surface area contributed by atoms with E-state index >= 15 is 0 Å². The average Bonchev–Trinajstić information content (AvgIpc) is 3.28. The van der Waals surface area contributed by atoms with Gasteiger partial charge in [-0.1, -0.05) is 46.3 Å². The Balaban J connectivity index is 1.34. The summed E-state index contributed by atoms with van der Waals surface area (Å²) < 4.78 is 0. The quantitative estimate of drug-likeness (QED) is 0.482. The van der Waals surface area contributed by atoms with E-state index in [1.807, 2.05) is 5.57 Å². The number of likely N-dealkylation sites (tertiary alicyclic amines) is 1. The molecule has 4 aliphatic carbocycles. The van der Waals surface area contributed by atoms with Gasteiger partial charge in [-0.2, -0.15) is 0 Å². The molecular formula is C30H52N2. The SMILES string of the molecule is CC(C)C1CCN(C)C1C[C@@H](C)[C@H]1CCC2C3=CCC4C[C@@H](N)CC[C@]4(C)C3CC[C@@]21C. The third kappa shape index (κ3) is 3.57. The molecule has 1 saturated heterocycles. The van der Waals surface area contributed by atoms with Crippen molar-refractivity contribution in [2.45, 2.75) is 111 Å². The summed E-state index contributed by atoms with van der Waals surface area (Å²) >= 11 is 0. The van der Waals surface area contributed by atoms with Crippen molar-refractivity contribution >= 4 is 0 Å². The molecule has 0 aromatic heterocycles. The normalized spacial score (nSPS) is 50.0. The van der Waals surface area contributed by atoms with E-state index in [4.69, 9.17) is 5.73 Å². The summed E-state index contributed by atoms with van der Waals surface area (Å²) in [7, 11) is 2.39. The molecule has 5 aliphatic rings. The maximum absolute atomic E-state index is 6.41. The van der Waals surface area contributed by atoms with E-state index < -0.39 is 0 Å². The fourth-order valence-corrected chi connectivity index (χ4v) is 10.2. The van der Waals surface area contributed by atoms with Gasteiger partial charge in [-0.05, 0) is 130 Å². The molecule has 5 rings (SSSR count). The number of fused-ring (bicyclic) bond motifs is 5. The first-order valence-electron chi connectivity index (χ1n) is 14.3. The van der Waals surface area contributed by atoms with Gasteiger partial charge >= 0.3 is 0 Å². The highest BCUT2D eigenvalue weighted by Crippen LogP contribution is 2.67. The Bertz CT molecular complexity index is 726. The fourth-order valence-electron chi connectivity index (χ4n) is 10.2. The number of nitrogens with two attached hydrogens (primary N) is 1. The number of hydrogen-bond acceptors (Lipinski definition) is 2. The summed E-state index contributed by atoms with van der Waals surface area (Å²) in [6.07, 6.45) is 16.6. The molecule has 10 atom stereocenters. The molecule has 0 bridgehead atoms. The number of nitrogens with zero attached hydrogens (tertiary/aromatic N) is 1. The van der Waals surface area contributed by atoms with Gasteiger partial charge in [0.15, 0.2) is 0 Å². The standard InChI is InChI=1S/C30H52N2/c1-19(2)23-13-16-32(6)28(23)17-20(3)25-9-10-26-24-8-7-21-18-22(31)11-14-29(21,4)27(24)12-15-30(25,26)5/h8,19-23,25-28H,7,9-18,31H2,1-6H3/t20-,21?,22+,23?,25-,26?,27?,28?,29+,30-/m1/s1. The topological polar surface area (TPSA) is 29.3 Å². The summed E-state index contributed by atoms with van der Waals surface area (Å²) in [5, 5.41) is 0. The second-order valence-corrected chi connectivity index (χ2v) is 14.0. The van der Waals surface area contributed by atoms with Gasteiger partial charge in [0.1, 0.15) is 0 Å². The van der Waals surface area contributed by atoms with Crippen LogP contribution in [0.3, 0.4) is 0 Å². The molecule has 2 heteroatoms. The molecule has 1 aliphatic heterocycles. The highest BCUT2D eigenvalue weighted by Gasteiger charge is 2.58. The van der Waals surface area contributed by atoms with E-state index in [-0.39, 0.29) is 0 Å². The second kappa shape index (κ2) is 8.40. The van der Waals surface area contributed by atoms with Crippen LogP contribution < -0.4 is 5.73 Å². The van der Waals surface area contributed by atoms with Crippen molar-refractivity contribution in [2.24, 2.45) is 58.0 Å². The van der Waals surface area contributed by atoms with Crippen LogP contribution in [0.25, 0.3) is 0 Å². The van der Waals surface area contributed by atoms with E-state index in [0.717, 1.165) is 47.5 Å². The molecule has 0 amide bonds. The molecule has 1 heterocycles. The third-order valence-corrected chi connectivity index (χ3v) is 12.2. The molecule has 3 saturated carbocycles. The molecule has 32 heavy (non-hydrogen) atoms. The highest BCUT2D eigenvalue weighted by molar-refractivity contribution is 5.28. The first-order chi connectivity index (χ1) is 15.1. The zero-order chi connectivity index (χ0) is 22.8. The summed E-state index contributed by atoms with van der Waals surface area (Å²) in [6.45, 7) is 14.2. The van der Waals surface area contributed by atoms with Crippen molar-refractivity contribution in [3.63, 3.8) is 0 Å².